The highest BCUT2D eigenvalue weighted by molar-refractivity contribution is 5.68. The molecule has 0 bridgehead atoms. The fraction of sp³-hybridized carbons (Fsp3) is 0.154. The SMILES string of the molecule is Cc1cc2n(CC(=O)O)nc(-c3ccccc3)n2n1. The van der Waals surface area contributed by atoms with Crippen LogP contribution in [0.25, 0.3) is 17.0 Å². The lowest BCUT2D eigenvalue weighted by Crippen LogP contribution is -2.09. The van der Waals surface area contributed by atoms with Crippen molar-refractivity contribution in [1.82, 2.24) is 19.4 Å². The second-order valence-corrected chi connectivity index (χ2v) is 4.30. The molecular formula is C13H12N4O2. The molecule has 1 N–H and O–H groups in total. The van der Waals surface area contributed by atoms with Gasteiger partial charge in [0.05, 0.1) is 5.69 Å². The third kappa shape index (κ3) is 1.97. The maximum Gasteiger partial charge on any atom is 0.325 e. The normalized spacial score (nSPS) is 11.0. The van der Waals surface area contributed by atoms with E-state index in [2.05, 4.69) is 10.2 Å². The number of carbonyl (C=O) groups is 1. The molecule has 3 rings (SSSR count). The molecule has 0 saturated heterocycles. The van der Waals surface area contributed by atoms with Crippen molar-refractivity contribution in [3.63, 3.8) is 0 Å². The lowest BCUT2D eigenvalue weighted by Gasteiger charge is -1.96. The Morgan fingerprint density at radius 3 is 2.68 bits per heavy atom. The van der Waals surface area contributed by atoms with E-state index in [-0.39, 0.29) is 6.54 Å². The third-order valence-electron chi connectivity index (χ3n) is 2.81. The number of aromatic nitrogens is 4. The first-order valence-electron chi connectivity index (χ1n) is 5.85. The Bertz CT molecular complexity index is 743. The number of fused-ring (bicyclic) bond motifs is 1. The van der Waals surface area contributed by atoms with Gasteiger partial charge in [0.25, 0.3) is 0 Å². The first-order valence-corrected chi connectivity index (χ1v) is 5.85. The molecule has 1 aromatic carbocycles. The fourth-order valence-corrected chi connectivity index (χ4v) is 2.05. The molecule has 0 aliphatic heterocycles. The second-order valence-electron chi connectivity index (χ2n) is 4.30. The molecule has 96 valence electrons. The zero-order valence-corrected chi connectivity index (χ0v) is 10.3. The van der Waals surface area contributed by atoms with E-state index < -0.39 is 5.97 Å². The highest BCUT2D eigenvalue weighted by atomic mass is 16.4. The summed E-state index contributed by atoms with van der Waals surface area (Å²) in [5, 5.41) is 17.6. The maximum absolute atomic E-state index is 10.9. The average molecular weight is 256 g/mol. The summed E-state index contributed by atoms with van der Waals surface area (Å²) in [6.07, 6.45) is 0. The summed E-state index contributed by atoms with van der Waals surface area (Å²) in [5.41, 5.74) is 2.41. The highest BCUT2D eigenvalue weighted by Gasteiger charge is 2.15. The van der Waals surface area contributed by atoms with Gasteiger partial charge in [-0.2, -0.15) is 9.61 Å². The molecule has 0 fully saturated rings. The molecular weight excluding hydrogens is 244 g/mol. The third-order valence-corrected chi connectivity index (χ3v) is 2.81. The lowest BCUT2D eigenvalue weighted by molar-refractivity contribution is -0.137. The minimum atomic E-state index is -0.927. The van der Waals surface area contributed by atoms with Crippen LogP contribution >= 0.6 is 0 Å². The molecule has 0 aliphatic carbocycles. The van der Waals surface area contributed by atoms with Crippen LogP contribution < -0.4 is 0 Å². The van der Waals surface area contributed by atoms with Crippen LogP contribution in [0.4, 0.5) is 0 Å². The molecule has 6 nitrogen and oxygen atoms in total. The van der Waals surface area contributed by atoms with Crippen molar-refractivity contribution in [2.24, 2.45) is 0 Å². The van der Waals surface area contributed by atoms with Gasteiger partial charge >= 0.3 is 5.97 Å². The van der Waals surface area contributed by atoms with Gasteiger partial charge in [0.1, 0.15) is 6.54 Å². The zero-order chi connectivity index (χ0) is 13.4. The quantitative estimate of drug-likeness (QED) is 0.772. The van der Waals surface area contributed by atoms with Gasteiger partial charge in [-0.1, -0.05) is 30.3 Å². The molecule has 0 unspecified atom stereocenters. The lowest BCUT2D eigenvalue weighted by atomic mass is 10.2. The van der Waals surface area contributed by atoms with Crippen LogP contribution in [0.3, 0.4) is 0 Å². The summed E-state index contributed by atoms with van der Waals surface area (Å²) in [5.74, 6) is -0.284. The molecule has 0 spiro atoms. The van der Waals surface area contributed by atoms with E-state index >= 15 is 0 Å². The van der Waals surface area contributed by atoms with Gasteiger partial charge in [0.2, 0.25) is 0 Å². The topological polar surface area (TPSA) is 72.4 Å². The Labute approximate surface area is 108 Å². The van der Waals surface area contributed by atoms with Crippen LogP contribution in [0.5, 0.6) is 0 Å². The van der Waals surface area contributed by atoms with E-state index in [0.29, 0.717) is 11.5 Å². The monoisotopic (exact) mass is 256 g/mol. The summed E-state index contributed by atoms with van der Waals surface area (Å²) in [7, 11) is 0. The molecule has 3 aromatic rings. The van der Waals surface area contributed by atoms with Crippen LogP contribution in [0.15, 0.2) is 36.4 Å². The predicted octanol–water partition coefficient (Wildman–Crippen LogP) is 1.59. The van der Waals surface area contributed by atoms with Crippen LogP contribution in [0, 0.1) is 6.92 Å². The van der Waals surface area contributed by atoms with Crippen molar-refractivity contribution in [1.29, 1.82) is 0 Å². The van der Waals surface area contributed by atoms with Gasteiger partial charge in [-0.15, -0.1) is 5.10 Å². The second kappa shape index (κ2) is 4.24. The first kappa shape index (κ1) is 11.5. The van der Waals surface area contributed by atoms with Gasteiger partial charge in [0.15, 0.2) is 11.5 Å². The number of carboxylic acids is 1. The van der Waals surface area contributed by atoms with Gasteiger partial charge < -0.3 is 5.11 Å². The number of hydrogen-bond donors (Lipinski definition) is 1. The van der Waals surface area contributed by atoms with Crippen molar-refractivity contribution in [3.05, 3.63) is 42.1 Å². The van der Waals surface area contributed by atoms with E-state index in [1.807, 2.05) is 43.3 Å². The van der Waals surface area contributed by atoms with Crippen molar-refractivity contribution in [2.45, 2.75) is 13.5 Å². The minimum Gasteiger partial charge on any atom is -0.480 e. The molecule has 2 heterocycles. The minimum absolute atomic E-state index is 0.179. The standard InChI is InChI=1S/C13H12N4O2/c1-9-7-11-16(8-12(18)19)15-13(17(11)14-9)10-5-3-2-4-6-10/h2-7H,8H2,1H3,(H,18,19). The largest absolute Gasteiger partial charge is 0.480 e. The van der Waals surface area contributed by atoms with Crippen LogP contribution in [-0.2, 0) is 11.3 Å². The number of aryl methyl sites for hydroxylation is 1. The van der Waals surface area contributed by atoms with Crippen LogP contribution in [0.1, 0.15) is 5.69 Å². The van der Waals surface area contributed by atoms with Crippen LogP contribution in [-0.4, -0.2) is 30.5 Å². The van der Waals surface area contributed by atoms with Gasteiger partial charge in [-0.3, -0.25) is 4.79 Å². The van der Waals surface area contributed by atoms with Crippen molar-refractivity contribution >= 4 is 11.6 Å². The number of benzene rings is 1. The molecule has 6 heteroatoms. The van der Waals surface area contributed by atoms with Crippen molar-refractivity contribution < 1.29 is 9.90 Å². The Morgan fingerprint density at radius 1 is 1.26 bits per heavy atom. The Morgan fingerprint density at radius 2 is 2.00 bits per heavy atom. The number of carboxylic acid groups (broad SMARTS) is 1. The summed E-state index contributed by atoms with van der Waals surface area (Å²) < 4.78 is 3.12. The fourth-order valence-electron chi connectivity index (χ4n) is 2.05. The number of rotatable bonds is 3. The molecule has 2 aromatic heterocycles. The average Bonchev–Trinajstić information content (AvgIpc) is 2.89. The van der Waals surface area contributed by atoms with Crippen molar-refractivity contribution in [2.75, 3.05) is 0 Å². The molecule has 0 saturated carbocycles. The predicted molar refractivity (Wildman–Crippen MR) is 68.8 cm³/mol. The first-order chi connectivity index (χ1) is 9.15. The Kier molecular flexibility index (Phi) is 2.56. The maximum atomic E-state index is 10.9. The van der Waals surface area contributed by atoms with Gasteiger partial charge in [-0.05, 0) is 6.92 Å². The summed E-state index contributed by atoms with van der Waals surface area (Å²) in [6, 6.07) is 11.4. The van der Waals surface area contributed by atoms with E-state index in [0.717, 1.165) is 11.3 Å². The van der Waals surface area contributed by atoms with E-state index in [9.17, 15) is 4.79 Å². The van der Waals surface area contributed by atoms with Crippen LogP contribution in [0.2, 0.25) is 0 Å². The molecule has 0 radical (unpaired) electrons. The van der Waals surface area contributed by atoms with E-state index in [1.165, 1.54) is 4.68 Å². The van der Waals surface area contributed by atoms with Gasteiger partial charge in [-0.25, -0.2) is 4.68 Å². The highest BCUT2D eigenvalue weighted by Crippen LogP contribution is 2.19. The smallest absolute Gasteiger partial charge is 0.325 e. The Balaban J connectivity index is 2.22. The zero-order valence-electron chi connectivity index (χ0n) is 10.3. The summed E-state index contributed by atoms with van der Waals surface area (Å²) in [6.45, 7) is 1.69. The number of nitrogens with zero attached hydrogens (tertiary/aromatic N) is 4. The number of aliphatic carboxylic acids is 1. The summed E-state index contributed by atoms with van der Waals surface area (Å²) >= 11 is 0. The summed E-state index contributed by atoms with van der Waals surface area (Å²) in [4.78, 5) is 10.9. The molecule has 0 aliphatic rings. The van der Waals surface area contributed by atoms with E-state index in [4.69, 9.17) is 5.11 Å². The Hall–Kier alpha value is -2.63. The van der Waals surface area contributed by atoms with Gasteiger partial charge in [0, 0.05) is 11.6 Å². The molecule has 0 amide bonds. The van der Waals surface area contributed by atoms with E-state index in [1.54, 1.807) is 4.52 Å². The number of hydrogen-bond acceptors (Lipinski definition) is 3. The van der Waals surface area contributed by atoms with Crippen molar-refractivity contribution in [3.8, 4) is 11.4 Å². The molecule has 0 atom stereocenters. The molecule has 19 heavy (non-hydrogen) atoms.